The number of nitrogens with zero attached hydrogens (tertiary/aromatic N) is 2. The normalized spacial score (nSPS) is 10.7. The van der Waals surface area contributed by atoms with E-state index in [1.807, 2.05) is 13.8 Å². The number of H-pyrrole nitrogens is 1. The summed E-state index contributed by atoms with van der Waals surface area (Å²) >= 11 is 6.23. The molecule has 1 amide bonds. The maximum atomic E-state index is 11.3. The van der Waals surface area contributed by atoms with E-state index in [0.717, 1.165) is 0 Å². The molecular formula is C13H15ClN4O3. The van der Waals surface area contributed by atoms with Crippen molar-refractivity contribution in [3.8, 4) is 22.8 Å². The Morgan fingerprint density at radius 3 is 2.67 bits per heavy atom. The maximum absolute atomic E-state index is 11.3. The number of nitrogens with two attached hydrogens (primary N) is 1. The van der Waals surface area contributed by atoms with E-state index in [1.54, 1.807) is 12.1 Å². The van der Waals surface area contributed by atoms with Crippen LogP contribution in [0.25, 0.3) is 11.3 Å². The van der Waals surface area contributed by atoms with Crippen molar-refractivity contribution >= 4 is 17.5 Å². The number of ether oxygens (including phenoxy) is 2. The summed E-state index contributed by atoms with van der Waals surface area (Å²) in [5.74, 6) is 0.183. The van der Waals surface area contributed by atoms with E-state index in [2.05, 4.69) is 15.4 Å². The first-order chi connectivity index (χ1) is 9.93. The van der Waals surface area contributed by atoms with E-state index in [1.165, 1.54) is 7.11 Å². The Morgan fingerprint density at radius 1 is 1.38 bits per heavy atom. The van der Waals surface area contributed by atoms with Gasteiger partial charge in [0.2, 0.25) is 0 Å². The standard InChI is InChI=1S/C13H15ClN4O3/c1-6(2)21-12-8(14)4-7(5-9(12)20-3)10-11(13(15)19)17-18-16-10/h4-6H,1-3H3,(H2,15,19)(H,16,17,18). The zero-order valence-corrected chi connectivity index (χ0v) is 12.6. The SMILES string of the molecule is COc1cc(-c2n[nH]nc2C(N)=O)cc(Cl)c1OC(C)C. The smallest absolute Gasteiger partial charge is 0.271 e. The molecule has 1 aromatic heterocycles. The summed E-state index contributed by atoms with van der Waals surface area (Å²) in [5.41, 5.74) is 6.14. The molecule has 0 aliphatic heterocycles. The number of primary amides is 1. The zero-order valence-electron chi connectivity index (χ0n) is 11.8. The topological polar surface area (TPSA) is 103 Å². The lowest BCUT2D eigenvalue weighted by molar-refractivity contribution is 0.0996. The molecule has 3 N–H and O–H groups in total. The van der Waals surface area contributed by atoms with Crippen molar-refractivity contribution in [2.75, 3.05) is 7.11 Å². The number of rotatable bonds is 5. The molecule has 0 fully saturated rings. The highest BCUT2D eigenvalue weighted by Crippen LogP contribution is 2.40. The Balaban J connectivity index is 2.54. The molecule has 8 heteroatoms. The molecule has 2 rings (SSSR count). The van der Waals surface area contributed by atoms with Crippen LogP contribution in [0.15, 0.2) is 12.1 Å². The van der Waals surface area contributed by atoms with Gasteiger partial charge in [-0.2, -0.15) is 15.4 Å². The van der Waals surface area contributed by atoms with Crippen LogP contribution in [0.5, 0.6) is 11.5 Å². The van der Waals surface area contributed by atoms with Gasteiger partial charge in [0.15, 0.2) is 17.2 Å². The van der Waals surface area contributed by atoms with E-state index in [-0.39, 0.29) is 11.8 Å². The number of amides is 1. The van der Waals surface area contributed by atoms with Crippen LogP contribution < -0.4 is 15.2 Å². The first kappa shape index (κ1) is 15.1. The summed E-state index contributed by atoms with van der Waals surface area (Å²) in [4.78, 5) is 11.3. The van der Waals surface area contributed by atoms with Crippen molar-refractivity contribution in [1.82, 2.24) is 15.4 Å². The van der Waals surface area contributed by atoms with E-state index >= 15 is 0 Å². The summed E-state index contributed by atoms with van der Waals surface area (Å²) in [6.45, 7) is 3.76. The van der Waals surface area contributed by atoms with Crippen molar-refractivity contribution < 1.29 is 14.3 Å². The van der Waals surface area contributed by atoms with E-state index in [0.29, 0.717) is 27.8 Å². The van der Waals surface area contributed by atoms with Crippen LogP contribution in [0, 0.1) is 0 Å². The molecule has 7 nitrogen and oxygen atoms in total. The lowest BCUT2D eigenvalue weighted by Gasteiger charge is -2.16. The van der Waals surface area contributed by atoms with Gasteiger partial charge in [-0.3, -0.25) is 4.79 Å². The summed E-state index contributed by atoms with van der Waals surface area (Å²) in [7, 11) is 1.50. The number of carbonyl (C=O) groups is 1. The maximum Gasteiger partial charge on any atom is 0.271 e. The zero-order chi connectivity index (χ0) is 15.6. The highest BCUT2D eigenvalue weighted by Gasteiger charge is 2.20. The van der Waals surface area contributed by atoms with Crippen LogP contribution in [0.3, 0.4) is 0 Å². The van der Waals surface area contributed by atoms with Crippen molar-refractivity contribution in [2.24, 2.45) is 5.73 Å². The fourth-order valence-electron chi connectivity index (χ4n) is 1.81. The van der Waals surface area contributed by atoms with Gasteiger partial charge >= 0.3 is 0 Å². The number of halogens is 1. The number of methoxy groups -OCH3 is 1. The van der Waals surface area contributed by atoms with Crippen molar-refractivity contribution in [1.29, 1.82) is 0 Å². The molecule has 21 heavy (non-hydrogen) atoms. The molecule has 0 aliphatic carbocycles. The van der Waals surface area contributed by atoms with Crippen LogP contribution >= 0.6 is 11.6 Å². The third-order valence-electron chi connectivity index (χ3n) is 2.64. The highest BCUT2D eigenvalue weighted by molar-refractivity contribution is 6.32. The van der Waals surface area contributed by atoms with Gasteiger partial charge in [-0.25, -0.2) is 0 Å². The van der Waals surface area contributed by atoms with Crippen LogP contribution in [0.2, 0.25) is 5.02 Å². The van der Waals surface area contributed by atoms with Crippen LogP contribution in [0.1, 0.15) is 24.3 Å². The Morgan fingerprint density at radius 2 is 2.10 bits per heavy atom. The Bertz CT molecular complexity index is 669. The summed E-state index contributed by atoms with van der Waals surface area (Å²) < 4.78 is 10.9. The van der Waals surface area contributed by atoms with Gasteiger partial charge in [-0.15, -0.1) is 0 Å². The molecule has 0 radical (unpaired) electrons. The number of nitrogens with one attached hydrogen (secondary N) is 1. The third kappa shape index (κ3) is 3.08. The molecule has 1 aromatic carbocycles. The molecule has 0 saturated carbocycles. The average Bonchev–Trinajstić information content (AvgIpc) is 2.89. The number of benzene rings is 1. The van der Waals surface area contributed by atoms with Gasteiger partial charge in [-0.05, 0) is 26.0 Å². The van der Waals surface area contributed by atoms with Gasteiger partial charge in [0.1, 0.15) is 5.69 Å². The fraction of sp³-hybridized carbons (Fsp3) is 0.308. The minimum absolute atomic E-state index is 0.0330. The Labute approximate surface area is 126 Å². The van der Waals surface area contributed by atoms with Crippen molar-refractivity contribution in [3.63, 3.8) is 0 Å². The third-order valence-corrected chi connectivity index (χ3v) is 2.92. The second-order valence-corrected chi connectivity index (χ2v) is 4.95. The van der Waals surface area contributed by atoms with Gasteiger partial charge in [0.25, 0.3) is 5.91 Å². The predicted octanol–water partition coefficient (Wildman–Crippen LogP) is 2.02. The lowest BCUT2D eigenvalue weighted by Crippen LogP contribution is -2.13. The number of aromatic amines is 1. The van der Waals surface area contributed by atoms with Crippen LogP contribution in [-0.4, -0.2) is 34.5 Å². The van der Waals surface area contributed by atoms with Gasteiger partial charge in [-0.1, -0.05) is 11.6 Å². The molecule has 1 heterocycles. The molecule has 0 unspecified atom stereocenters. The quantitative estimate of drug-likeness (QED) is 0.879. The summed E-state index contributed by atoms with van der Waals surface area (Å²) in [6, 6.07) is 3.28. The molecule has 0 saturated heterocycles. The second kappa shape index (κ2) is 6.01. The van der Waals surface area contributed by atoms with E-state index < -0.39 is 5.91 Å². The first-order valence-corrected chi connectivity index (χ1v) is 6.57. The minimum atomic E-state index is -0.684. The number of aromatic nitrogens is 3. The molecule has 0 atom stereocenters. The molecule has 0 spiro atoms. The van der Waals surface area contributed by atoms with Crippen LogP contribution in [-0.2, 0) is 0 Å². The second-order valence-electron chi connectivity index (χ2n) is 4.54. The minimum Gasteiger partial charge on any atom is -0.493 e. The molecule has 112 valence electrons. The largest absolute Gasteiger partial charge is 0.493 e. The first-order valence-electron chi connectivity index (χ1n) is 6.19. The molecule has 2 aromatic rings. The van der Waals surface area contributed by atoms with E-state index in [4.69, 9.17) is 26.8 Å². The average molecular weight is 311 g/mol. The van der Waals surface area contributed by atoms with Gasteiger partial charge < -0.3 is 15.2 Å². The highest BCUT2D eigenvalue weighted by atomic mass is 35.5. The molecular weight excluding hydrogens is 296 g/mol. The molecule has 0 aliphatic rings. The Kier molecular flexibility index (Phi) is 4.32. The number of hydrogen-bond acceptors (Lipinski definition) is 5. The van der Waals surface area contributed by atoms with Gasteiger partial charge in [0, 0.05) is 5.56 Å². The number of carbonyl (C=O) groups excluding carboxylic acids is 1. The number of hydrogen-bond donors (Lipinski definition) is 2. The summed E-state index contributed by atoms with van der Waals surface area (Å²) in [5, 5.41) is 10.4. The van der Waals surface area contributed by atoms with Gasteiger partial charge in [0.05, 0.1) is 18.2 Å². The predicted molar refractivity (Wildman–Crippen MR) is 77.7 cm³/mol. The lowest BCUT2D eigenvalue weighted by atomic mass is 10.1. The van der Waals surface area contributed by atoms with Crippen LogP contribution in [0.4, 0.5) is 0 Å². The van der Waals surface area contributed by atoms with Crippen molar-refractivity contribution in [2.45, 2.75) is 20.0 Å². The monoisotopic (exact) mass is 310 g/mol. The Hall–Kier alpha value is -2.28. The van der Waals surface area contributed by atoms with Crippen molar-refractivity contribution in [3.05, 3.63) is 22.8 Å². The fourth-order valence-corrected chi connectivity index (χ4v) is 2.07. The van der Waals surface area contributed by atoms with E-state index in [9.17, 15) is 4.79 Å². The summed E-state index contributed by atoms with van der Waals surface area (Å²) in [6.07, 6.45) is -0.0597. The molecule has 0 bridgehead atoms.